The van der Waals surface area contributed by atoms with Crippen molar-refractivity contribution in [1.82, 2.24) is 14.5 Å². The van der Waals surface area contributed by atoms with Crippen LogP contribution in [0.5, 0.6) is 0 Å². The highest BCUT2D eigenvalue weighted by Gasteiger charge is 2.25. The summed E-state index contributed by atoms with van der Waals surface area (Å²) in [6.07, 6.45) is 2.42. The maximum absolute atomic E-state index is 5.01. The number of benzene rings is 3. The second kappa shape index (κ2) is 7.61. The summed E-state index contributed by atoms with van der Waals surface area (Å²) in [6, 6.07) is 30.4. The van der Waals surface area contributed by atoms with Crippen molar-refractivity contribution in [3.63, 3.8) is 0 Å². The van der Waals surface area contributed by atoms with Crippen molar-refractivity contribution in [2.24, 2.45) is 0 Å². The smallest absolute Gasteiger partial charge is 0.141 e. The van der Waals surface area contributed by atoms with E-state index >= 15 is 0 Å². The van der Waals surface area contributed by atoms with Gasteiger partial charge in [0.2, 0.25) is 0 Å². The predicted molar refractivity (Wildman–Crippen MR) is 115 cm³/mol. The van der Waals surface area contributed by atoms with Gasteiger partial charge in [0.15, 0.2) is 0 Å². The molecule has 5 rings (SSSR count). The maximum atomic E-state index is 5.01. The van der Waals surface area contributed by atoms with Crippen LogP contribution < -0.4 is 0 Å². The summed E-state index contributed by atoms with van der Waals surface area (Å²) in [5.74, 6) is 1.09. The predicted octanol–water partition coefficient (Wildman–Crippen LogP) is 5.54. The van der Waals surface area contributed by atoms with E-state index in [0.717, 1.165) is 24.4 Å². The second-order valence-corrected chi connectivity index (χ2v) is 7.68. The Bertz CT molecular complexity index is 1050. The van der Waals surface area contributed by atoms with Crippen LogP contribution in [0.1, 0.15) is 24.4 Å². The monoisotopic (exact) mass is 367 g/mol. The topological polar surface area (TPSA) is 21.1 Å². The lowest BCUT2D eigenvalue weighted by molar-refractivity contribution is 0.173. The van der Waals surface area contributed by atoms with Crippen LogP contribution in [0.3, 0.4) is 0 Å². The number of aromatic nitrogens is 2. The van der Waals surface area contributed by atoms with Crippen molar-refractivity contribution >= 4 is 11.0 Å². The molecule has 1 aliphatic rings. The fourth-order valence-electron chi connectivity index (χ4n) is 4.43. The average Bonchev–Trinajstić information content (AvgIpc) is 3.15. The van der Waals surface area contributed by atoms with Crippen molar-refractivity contribution in [3.8, 4) is 11.4 Å². The van der Waals surface area contributed by atoms with Gasteiger partial charge >= 0.3 is 0 Å². The van der Waals surface area contributed by atoms with Gasteiger partial charge in [-0.3, -0.25) is 4.90 Å². The molecule has 1 aromatic heterocycles. The molecular weight excluding hydrogens is 342 g/mol. The zero-order valence-electron chi connectivity index (χ0n) is 16.0. The van der Waals surface area contributed by atoms with Crippen molar-refractivity contribution in [3.05, 3.63) is 90.5 Å². The fraction of sp³-hybridized carbons (Fsp3) is 0.240. The number of rotatable bonds is 4. The van der Waals surface area contributed by atoms with Crippen molar-refractivity contribution in [1.29, 1.82) is 0 Å². The lowest BCUT2D eigenvalue weighted by Gasteiger charge is -2.34. The van der Waals surface area contributed by atoms with E-state index < -0.39 is 0 Å². The van der Waals surface area contributed by atoms with E-state index in [1.54, 1.807) is 0 Å². The van der Waals surface area contributed by atoms with Crippen LogP contribution in [0.25, 0.3) is 22.4 Å². The number of imidazole rings is 1. The summed E-state index contributed by atoms with van der Waals surface area (Å²) in [5, 5.41) is 0. The molecule has 0 saturated carbocycles. The van der Waals surface area contributed by atoms with Gasteiger partial charge in [-0.2, -0.15) is 0 Å². The Kier molecular flexibility index (Phi) is 4.67. The van der Waals surface area contributed by atoms with Gasteiger partial charge < -0.3 is 4.57 Å². The highest BCUT2D eigenvalue weighted by Crippen LogP contribution is 2.33. The molecule has 28 heavy (non-hydrogen) atoms. The minimum atomic E-state index is 0.445. The molecule has 1 aliphatic heterocycles. The molecule has 1 fully saturated rings. The molecule has 1 saturated heterocycles. The van der Waals surface area contributed by atoms with Crippen LogP contribution in [-0.4, -0.2) is 27.5 Å². The third-order valence-corrected chi connectivity index (χ3v) is 5.72. The Balaban J connectivity index is 1.51. The summed E-state index contributed by atoms with van der Waals surface area (Å²) >= 11 is 0. The van der Waals surface area contributed by atoms with Crippen LogP contribution in [0.15, 0.2) is 84.9 Å². The van der Waals surface area contributed by atoms with Crippen LogP contribution in [0.4, 0.5) is 0 Å². The number of likely N-dealkylation sites (tertiary alicyclic amines) is 1. The first kappa shape index (κ1) is 17.2. The molecule has 1 unspecified atom stereocenters. The number of hydrogen-bond acceptors (Lipinski definition) is 2. The van der Waals surface area contributed by atoms with Crippen molar-refractivity contribution in [2.75, 3.05) is 13.1 Å². The average molecular weight is 367 g/mol. The number of nitrogens with zero attached hydrogens (tertiary/aromatic N) is 3. The highest BCUT2D eigenvalue weighted by atomic mass is 15.2. The largest absolute Gasteiger partial charge is 0.320 e. The molecule has 0 N–H and O–H groups in total. The molecule has 3 aromatic carbocycles. The molecule has 1 atom stereocenters. The number of hydrogen-bond donors (Lipinski definition) is 0. The van der Waals surface area contributed by atoms with Gasteiger partial charge in [-0.15, -0.1) is 0 Å². The van der Waals surface area contributed by atoms with Gasteiger partial charge in [-0.05, 0) is 37.1 Å². The molecule has 4 aromatic rings. The Hall–Kier alpha value is -2.91. The zero-order chi connectivity index (χ0) is 18.8. The summed E-state index contributed by atoms with van der Waals surface area (Å²) in [7, 11) is 0. The van der Waals surface area contributed by atoms with Crippen LogP contribution >= 0.6 is 0 Å². The molecule has 0 amide bonds. The number of piperidine rings is 1. The lowest BCUT2D eigenvalue weighted by atomic mass is 10.0. The molecule has 3 heteroatoms. The van der Waals surface area contributed by atoms with Crippen LogP contribution in [-0.2, 0) is 6.54 Å². The van der Waals surface area contributed by atoms with Gasteiger partial charge in [0.1, 0.15) is 5.82 Å². The highest BCUT2D eigenvalue weighted by molar-refractivity contribution is 5.80. The molecule has 0 radical (unpaired) electrons. The Morgan fingerprint density at radius 2 is 1.54 bits per heavy atom. The minimum absolute atomic E-state index is 0.445. The van der Waals surface area contributed by atoms with E-state index in [2.05, 4.69) is 94.4 Å². The molecule has 140 valence electrons. The standard InChI is InChI=1S/C25H25N3/c1-3-10-20(11-4-1)18-27-17-9-14-22(19-27)28-24-16-8-7-15-23(24)26-25(28)21-12-5-2-6-13-21/h1-8,10-13,15-16,22H,9,14,17-19H2. The van der Waals surface area contributed by atoms with Crippen LogP contribution in [0.2, 0.25) is 0 Å². The fourth-order valence-corrected chi connectivity index (χ4v) is 4.43. The minimum Gasteiger partial charge on any atom is -0.320 e. The first-order valence-corrected chi connectivity index (χ1v) is 10.2. The summed E-state index contributed by atoms with van der Waals surface area (Å²) in [6.45, 7) is 3.25. The van der Waals surface area contributed by atoms with E-state index in [1.807, 2.05) is 0 Å². The van der Waals surface area contributed by atoms with Gasteiger partial charge in [0, 0.05) is 24.7 Å². The zero-order valence-corrected chi connectivity index (χ0v) is 16.0. The maximum Gasteiger partial charge on any atom is 0.141 e. The second-order valence-electron chi connectivity index (χ2n) is 7.68. The lowest BCUT2D eigenvalue weighted by Crippen LogP contribution is -2.36. The van der Waals surface area contributed by atoms with Gasteiger partial charge in [0.05, 0.1) is 11.0 Å². The summed E-state index contributed by atoms with van der Waals surface area (Å²) in [5.41, 5.74) is 4.91. The van der Waals surface area contributed by atoms with Gasteiger partial charge in [-0.1, -0.05) is 72.8 Å². The van der Waals surface area contributed by atoms with Crippen molar-refractivity contribution < 1.29 is 0 Å². The van der Waals surface area contributed by atoms with E-state index in [4.69, 9.17) is 4.98 Å². The Morgan fingerprint density at radius 3 is 2.36 bits per heavy atom. The molecule has 0 aliphatic carbocycles. The Morgan fingerprint density at radius 1 is 0.821 bits per heavy atom. The van der Waals surface area contributed by atoms with E-state index in [0.29, 0.717) is 6.04 Å². The first-order valence-electron chi connectivity index (χ1n) is 10.2. The molecule has 3 nitrogen and oxygen atoms in total. The van der Waals surface area contributed by atoms with E-state index in [-0.39, 0.29) is 0 Å². The molecule has 0 spiro atoms. The summed E-state index contributed by atoms with van der Waals surface area (Å²) in [4.78, 5) is 7.60. The molecular formula is C25H25N3. The van der Waals surface area contributed by atoms with Crippen LogP contribution in [0, 0.1) is 0 Å². The number of fused-ring (bicyclic) bond motifs is 1. The van der Waals surface area contributed by atoms with Gasteiger partial charge in [-0.25, -0.2) is 4.98 Å². The quantitative estimate of drug-likeness (QED) is 0.472. The van der Waals surface area contributed by atoms with E-state index in [9.17, 15) is 0 Å². The third-order valence-electron chi connectivity index (χ3n) is 5.72. The SMILES string of the molecule is c1ccc(CN2CCCC(n3c(-c4ccccc4)nc4ccccc43)C2)cc1. The molecule has 2 heterocycles. The number of para-hydroxylation sites is 2. The normalized spacial score (nSPS) is 17.8. The first-order chi connectivity index (χ1) is 13.9. The third kappa shape index (κ3) is 3.34. The summed E-state index contributed by atoms with van der Waals surface area (Å²) < 4.78 is 2.49. The van der Waals surface area contributed by atoms with Gasteiger partial charge in [0.25, 0.3) is 0 Å². The van der Waals surface area contributed by atoms with E-state index in [1.165, 1.54) is 36.0 Å². The Labute approximate surface area is 166 Å². The molecule has 0 bridgehead atoms. The van der Waals surface area contributed by atoms with Crippen molar-refractivity contribution in [2.45, 2.75) is 25.4 Å².